The minimum Gasteiger partial charge on any atom is -0.455 e. The second-order valence-electron chi connectivity index (χ2n) is 6.12. The van der Waals surface area contributed by atoms with Crippen LogP contribution in [0.25, 0.3) is 0 Å². The predicted octanol–water partition coefficient (Wildman–Crippen LogP) is 5.63. The monoisotopic (exact) mass is 379 g/mol. The zero-order valence-electron chi connectivity index (χ0n) is 15.4. The molecule has 6 heteroatoms. The SMILES string of the molecule is N#Cc1ccc(Nc2ccnc(Nc3ccccc3Oc3ccccc3)n2)cc1. The zero-order chi connectivity index (χ0) is 19.9. The Labute approximate surface area is 168 Å². The van der Waals surface area contributed by atoms with Gasteiger partial charge in [-0.3, -0.25) is 0 Å². The van der Waals surface area contributed by atoms with Gasteiger partial charge in [0.1, 0.15) is 11.6 Å². The van der Waals surface area contributed by atoms with Crippen molar-refractivity contribution < 1.29 is 4.74 Å². The van der Waals surface area contributed by atoms with Crippen LogP contribution in [0.15, 0.2) is 91.1 Å². The number of nitrogens with one attached hydrogen (secondary N) is 2. The Balaban J connectivity index is 1.51. The van der Waals surface area contributed by atoms with E-state index < -0.39 is 0 Å². The molecule has 29 heavy (non-hydrogen) atoms. The first-order chi connectivity index (χ1) is 14.3. The van der Waals surface area contributed by atoms with Crippen molar-refractivity contribution in [1.29, 1.82) is 5.26 Å². The fraction of sp³-hybridized carbons (Fsp3) is 0. The van der Waals surface area contributed by atoms with E-state index >= 15 is 0 Å². The number of nitrogens with zero attached hydrogens (tertiary/aromatic N) is 3. The smallest absolute Gasteiger partial charge is 0.229 e. The van der Waals surface area contributed by atoms with Crippen molar-refractivity contribution in [2.45, 2.75) is 0 Å². The first-order valence-electron chi connectivity index (χ1n) is 8.99. The molecule has 1 aromatic heterocycles. The summed E-state index contributed by atoms with van der Waals surface area (Å²) in [5.74, 6) is 2.49. The van der Waals surface area contributed by atoms with Gasteiger partial charge in [-0.1, -0.05) is 30.3 Å². The van der Waals surface area contributed by atoms with Gasteiger partial charge in [-0.25, -0.2) is 4.98 Å². The topological polar surface area (TPSA) is 82.9 Å². The van der Waals surface area contributed by atoms with Gasteiger partial charge in [-0.05, 0) is 54.6 Å². The molecule has 0 unspecified atom stereocenters. The second kappa shape index (κ2) is 8.55. The Morgan fingerprint density at radius 1 is 0.793 bits per heavy atom. The minimum absolute atomic E-state index is 0.438. The van der Waals surface area contributed by atoms with Crippen molar-refractivity contribution in [3.63, 3.8) is 0 Å². The van der Waals surface area contributed by atoms with Crippen LogP contribution >= 0.6 is 0 Å². The second-order valence-corrected chi connectivity index (χ2v) is 6.12. The lowest BCUT2D eigenvalue weighted by atomic mass is 10.2. The van der Waals surface area contributed by atoms with Gasteiger partial charge in [-0.2, -0.15) is 10.2 Å². The van der Waals surface area contributed by atoms with Crippen LogP contribution in [0.2, 0.25) is 0 Å². The van der Waals surface area contributed by atoms with E-state index in [1.165, 1.54) is 0 Å². The lowest BCUT2D eigenvalue weighted by Gasteiger charge is -2.13. The summed E-state index contributed by atoms with van der Waals surface area (Å²) in [6.07, 6.45) is 1.67. The summed E-state index contributed by atoms with van der Waals surface area (Å²) in [5.41, 5.74) is 2.20. The maximum atomic E-state index is 8.90. The van der Waals surface area contributed by atoms with Crippen LogP contribution in [-0.2, 0) is 0 Å². The minimum atomic E-state index is 0.438. The molecule has 0 amide bonds. The molecule has 0 aliphatic heterocycles. The van der Waals surface area contributed by atoms with Crippen molar-refractivity contribution in [3.05, 3.63) is 96.7 Å². The van der Waals surface area contributed by atoms with E-state index in [1.54, 1.807) is 24.4 Å². The molecule has 0 aliphatic rings. The summed E-state index contributed by atoms with van der Waals surface area (Å²) >= 11 is 0. The highest BCUT2D eigenvalue weighted by Crippen LogP contribution is 2.30. The molecule has 140 valence electrons. The highest BCUT2D eigenvalue weighted by molar-refractivity contribution is 5.65. The molecular formula is C23H17N5O. The Morgan fingerprint density at radius 3 is 2.34 bits per heavy atom. The first kappa shape index (κ1) is 18.0. The van der Waals surface area contributed by atoms with Gasteiger partial charge >= 0.3 is 0 Å². The van der Waals surface area contributed by atoms with Crippen LogP contribution in [0.5, 0.6) is 11.5 Å². The summed E-state index contributed by atoms with van der Waals surface area (Å²) in [4.78, 5) is 8.79. The molecule has 0 saturated carbocycles. The molecule has 0 saturated heterocycles. The summed E-state index contributed by atoms with van der Waals surface area (Å²) in [6, 6.07) is 28.2. The fourth-order valence-electron chi connectivity index (χ4n) is 2.66. The van der Waals surface area contributed by atoms with Gasteiger partial charge < -0.3 is 15.4 Å². The third-order valence-electron chi connectivity index (χ3n) is 4.05. The molecule has 2 N–H and O–H groups in total. The molecule has 0 aliphatic carbocycles. The van der Waals surface area contributed by atoms with E-state index in [-0.39, 0.29) is 0 Å². The maximum absolute atomic E-state index is 8.90. The number of nitriles is 1. The average Bonchev–Trinajstić information content (AvgIpc) is 2.77. The van der Waals surface area contributed by atoms with Crippen LogP contribution < -0.4 is 15.4 Å². The Morgan fingerprint density at radius 2 is 1.55 bits per heavy atom. The number of aromatic nitrogens is 2. The predicted molar refractivity (Wildman–Crippen MR) is 113 cm³/mol. The lowest BCUT2D eigenvalue weighted by Crippen LogP contribution is -2.01. The summed E-state index contributed by atoms with van der Waals surface area (Å²) in [6.45, 7) is 0. The zero-order valence-corrected chi connectivity index (χ0v) is 15.4. The molecule has 6 nitrogen and oxygen atoms in total. The van der Waals surface area contributed by atoms with E-state index in [9.17, 15) is 0 Å². The van der Waals surface area contributed by atoms with Gasteiger partial charge in [0, 0.05) is 11.9 Å². The van der Waals surface area contributed by atoms with Gasteiger partial charge in [0.05, 0.1) is 17.3 Å². The molecule has 0 atom stereocenters. The number of rotatable bonds is 6. The summed E-state index contributed by atoms with van der Waals surface area (Å²) in [5, 5.41) is 15.3. The molecule has 4 aromatic rings. The normalized spacial score (nSPS) is 10.0. The summed E-state index contributed by atoms with van der Waals surface area (Å²) in [7, 11) is 0. The van der Waals surface area contributed by atoms with Gasteiger partial charge in [0.15, 0.2) is 5.75 Å². The van der Waals surface area contributed by atoms with E-state index in [2.05, 4.69) is 26.7 Å². The molecule has 4 rings (SSSR count). The third kappa shape index (κ3) is 4.67. The van der Waals surface area contributed by atoms with E-state index in [1.807, 2.05) is 66.7 Å². The molecular weight excluding hydrogens is 362 g/mol. The Bertz CT molecular complexity index is 1140. The van der Waals surface area contributed by atoms with Crippen molar-refractivity contribution in [2.75, 3.05) is 10.6 Å². The van der Waals surface area contributed by atoms with Gasteiger partial charge in [-0.15, -0.1) is 0 Å². The molecule has 0 fully saturated rings. The van der Waals surface area contributed by atoms with Crippen LogP contribution in [0.1, 0.15) is 5.56 Å². The maximum Gasteiger partial charge on any atom is 0.229 e. The van der Waals surface area contributed by atoms with Crippen LogP contribution in [-0.4, -0.2) is 9.97 Å². The fourth-order valence-corrected chi connectivity index (χ4v) is 2.66. The number of benzene rings is 3. The van der Waals surface area contributed by atoms with Crippen molar-refractivity contribution >= 4 is 23.1 Å². The van der Waals surface area contributed by atoms with E-state index in [4.69, 9.17) is 10.00 Å². The first-order valence-corrected chi connectivity index (χ1v) is 8.99. The van der Waals surface area contributed by atoms with Gasteiger partial charge in [0.2, 0.25) is 5.95 Å². The van der Waals surface area contributed by atoms with Crippen LogP contribution in [0.4, 0.5) is 23.1 Å². The molecule has 0 radical (unpaired) electrons. The molecule has 0 spiro atoms. The lowest BCUT2D eigenvalue weighted by molar-refractivity contribution is 0.485. The van der Waals surface area contributed by atoms with Crippen LogP contribution in [0.3, 0.4) is 0 Å². The number of hydrogen-bond acceptors (Lipinski definition) is 6. The van der Waals surface area contributed by atoms with Gasteiger partial charge in [0.25, 0.3) is 0 Å². The summed E-state index contributed by atoms with van der Waals surface area (Å²) < 4.78 is 5.97. The van der Waals surface area contributed by atoms with Crippen LogP contribution in [0, 0.1) is 11.3 Å². The molecule has 0 bridgehead atoms. The average molecular weight is 379 g/mol. The van der Waals surface area contributed by atoms with Crippen molar-refractivity contribution in [3.8, 4) is 17.6 Å². The number of para-hydroxylation sites is 3. The molecule has 3 aromatic carbocycles. The van der Waals surface area contributed by atoms with Crippen molar-refractivity contribution in [1.82, 2.24) is 9.97 Å². The van der Waals surface area contributed by atoms with E-state index in [0.29, 0.717) is 23.1 Å². The largest absolute Gasteiger partial charge is 0.455 e. The Hall–Kier alpha value is -4.37. The number of anilines is 4. The highest BCUT2D eigenvalue weighted by atomic mass is 16.5. The Kier molecular flexibility index (Phi) is 5.31. The van der Waals surface area contributed by atoms with Crippen molar-refractivity contribution in [2.24, 2.45) is 0 Å². The number of ether oxygens (including phenoxy) is 1. The third-order valence-corrected chi connectivity index (χ3v) is 4.05. The quantitative estimate of drug-likeness (QED) is 0.452. The van der Waals surface area contributed by atoms with E-state index in [0.717, 1.165) is 17.1 Å². The number of hydrogen-bond donors (Lipinski definition) is 2. The standard InChI is InChI=1S/C23H17N5O/c24-16-17-10-12-18(13-11-17)26-22-14-15-25-23(28-22)27-20-8-4-5-9-21(20)29-19-6-2-1-3-7-19/h1-15H,(H2,25,26,27,28). The molecule has 1 heterocycles. The highest BCUT2D eigenvalue weighted by Gasteiger charge is 2.07.